The molecule has 4 atom stereocenters. The number of carbonyl (C=O) groups excluding carboxylic acids is 2. The zero-order valence-corrected chi connectivity index (χ0v) is 35.5. The lowest BCUT2D eigenvalue weighted by Crippen LogP contribution is -2.53. The number of esters is 1. The predicted molar refractivity (Wildman–Crippen MR) is 222 cm³/mol. The third-order valence-electron chi connectivity index (χ3n) is 12.7. The summed E-state index contributed by atoms with van der Waals surface area (Å²) >= 11 is 6.38. The molecule has 2 aromatic carbocycles. The van der Waals surface area contributed by atoms with E-state index in [2.05, 4.69) is 31.3 Å². The molecule has 7 rings (SSSR count). The molecule has 57 heavy (non-hydrogen) atoms. The second kappa shape index (κ2) is 16.6. The average Bonchev–Trinajstić information content (AvgIpc) is 3.29. The predicted octanol–water partition coefficient (Wildman–Crippen LogP) is 9.68. The van der Waals surface area contributed by atoms with Crippen LogP contribution < -0.4 is 19.5 Å². The summed E-state index contributed by atoms with van der Waals surface area (Å²) in [5, 5.41) is 4.18. The summed E-state index contributed by atoms with van der Waals surface area (Å²) < 4.78 is 30.8. The SMILES string of the molecule is COC(=O)C1(Nc2cccc(Cl)c2)CCC2(CC1)c1cc3c(cc1C[C@@H]2C[C@@H](C)COc1ccnc2c1[C@H](C)CCC2)O[C@H](CN(C)C(=O)OC(C)(C)C)CCO3. The number of nitrogens with one attached hydrogen (secondary N) is 1. The lowest BCUT2D eigenvalue weighted by molar-refractivity contribution is -0.148. The van der Waals surface area contributed by atoms with Crippen LogP contribution in [0.2, 0.25) is 5.02 Å². The van der Waals surface area contributed by atoms with E-state index in [1.165, 1.54) is 35.9 Å². The molecule has 1 amide bonds. The summed E-state index contributed by atoms with van der Waals surface area (Å²) in [6.45, 7) is 11.6. The quantitative estimate of drug-likeness (QED) is 0.201. The number of amides is 1. The number of methoxy groups -OCH3 is 1. The van der Waals surface area contributed by atoms with Gasteiger partial charge in [-0.25, -0.2) is 9.59 Å². The number of fused-ring (bicyclic) bond motifs is 4. The molecule has 1 N–H and O–H groups in total. The second-order valence-corrected chi connectivity index (χ2v) is 18.5. The number of ether oxygens (including phenoxy) is 5. The number of carbonyl (C=O) groups is 2. The van der Waals surface area contributed by atoms with Crippen molar-refractivity contribution in [2.75, 3.05) is 39.2 Å². The van der Waals surface area contributed by atoms with Gasteiger partial charge in [-0.2, -0.15) is 0 Å². The number of halogens is 1. The Morgan fingerprint density at radius 3 is 2.61 bits per heavy atom. The Morgan fingerprint density at radius 2 is 1.88 bits per heavy atom. The zero-order chi connectivity index (χ0) is 40.5. The van der Waals surface area contributed by atoms with Crippen LogP contribution in [0.1, 0.15) is 114 Å². The molecule has 0 bridgehead atoms. The van der Waals surface area contributed by atoms with Crippen LogP contribution >= 0.6 is 11.6 Å². The topological polar surface area (TPSA) is 108 Å². The molecule has 1 saturated carbocycles. The van der Waals surface area contributed by atoms with E-state index >= 15 is 0 Å². The number of likely N-dealkylation sites (N-methyl/N-ethyl adjacent to an activating group) is 1. The highest BCUT2D eigenvalue weighted by Crippen LogP contribution is 2.58. The van der Waals surface area contributed by atoms with Gasteiger partial charge in [-0.15, -0.1) is 0 Å². The smallest absolute Gasteiger partial charge is 0.410 e. The Kier molecular flexibility index (Phi) is 11.9. The van der Waals surface area contributed by atoms with Crippen molar-refractivity contribution >= 4 is 29.4 Å². The highest BCUT2D eigenvalue weighted by atomic mass is 35.5. The molecule has 0 radical (unpaired) electrons. The number of hydrogen-bond acceptors (Lipinski definition) is 9. The van der Waals surface area contributed by atoms with Crippen LogP contribution in [0.4, 0.5) is 10.5 Å². The number of pyridine rings is 1. The largest absolute Gasteiger partial charge is 0.493 e. The van der Waals surface area contributed by atoms with Gasteiger partial charge < -0.3 is 33.9 Å². The minimum Gasteiger partial charge on any atom is -0.493 e. The Labute approximate surface area is 343 Å². The van der Waals surface area contributed by atoms with Crippen molar-refractivity contribution in [1.82, 2.24) is 9.88 Å². The van der Waals surface area contributed by atoms with E-state index < -0.39 is 11.1 Å². The van der Waals surface area contributed by atoms with Crippen LogP contribution in [0.5, 0.6) is 17.2 Å². The first kappa shape index (κ1) is 41.0. The highest BCUT2D eigenvalue weighted by Gasteiger charge is 2.55. The van der Waals surface area contributed by atoms with Gasteiger partial charge in [0.1, 0.15) is 23.0 Å². The highest BCUT2D eigenvalue weighted by molar-refractivity contribution is 6.30. The Hall–Kier alpha value is -4.18. The zero-order valence-electron chi connectivity index (χ0n) is 34.8. The molecular weight excluding hydrogens is 742 g/mol. The van der Waals surface area contributed by atoms with Gasteiger partial charge in [0, 0.05) is 41.6 Å². The minimum absolute atomic E-state index is 0.192. The number of aromatic nitrogens is 1. The summed E-state index contributed by atoms with van der Waals surface area (Å²) in [5.74, 6) is 3.17. The monoisotopic (exact) mass is 801 g/mol. The van der Waals surface area contributed by atoms with E-state index in [1.807, 2.05) is 57.3 Å². The van der Waals surface area contributed by atoms with Crippen molar-refractivity contribution in [2.45, 2.75) is 127 Å². The van der Waals surface area contributed by atoms with E-state index in [0.717, 1.165) is 55.7 Å². The van der Waals surface area contributed by atoms with Crippen molar-refractivity contribution in [1.29, 1.82) is 0 Å². The summed E-state index contributed by atoms with van der Waals surface area (Å²) in [6.07, 6.45) is 9.85. The second-order valence-electron chi connectivity index (χ2n) is 18.1. The van der Waals surface area contributed by atoms with Gasteiger partial charge >= 0.3 is 12.1 Å². The fourth-order valence-corrected chi connectivity index (χ4v) is 10.1. The summed E-state index contributed by atoms with van der Waals surface area (Å²) in [4.78, 5) is 32.8. The molecule has 1 aromatic heterocycles. The van der Waals surface area contributed by atoms with Crippen molar-refractivity contribution in [3.05, 3.63) is 76.1 Å². The molecule has 1 spiro atoms. The number of rotatable bonds is 10. The van der Waals surface area contributed by atoms with Gasteiger partial charge in [-0.1, -0.05) is 31.5 Å². The van der Waals surface area contributed by atoms with Gasteiger partial charge in [0.25, 0.3) is 0 Å². The molecule has 4 aliphatic rings. The molecule has 3 aliphatic carbocycles. The van der Waals surface area contributed by atoms with Crippen LogP contribution in [-0.4, -0.2) is 73.1 Å². The van der Waals surface area contributed by atoms with Crippen LogP contribution in [0.25, 0.3) is 0 Å². The molecule has 308 valence electrons. The molecule has 0 saturated heterocycles. The van der Waals surface area contributed by atoms with Crippen molar-refractivity contribution in [2.24, 2.45) is 11.8 Å². The lowest BCUT2D eigenvalue weighted by atomic mass is 9.59. The maximum absolute atomic E-state index is 13.7. The molecule has 3 aromatic rings. The number of anilines is 1. The number of nitrogens with zero attached hydrogens (tertiary/aromatic N) is 2. The number of benzene rings is 2. The first-order valence-electron chi connectivity index (χ1n) is 20.8. The van der Waals surface area contributed by atoms with Crippen LogP contribution in [-0.2, 0) is 32.5 Å². The van der Waals surface area contributed by atoms with Gasteiger partial charge in [-0.05, 0) is 149 Å². The summed E-state index contributed by atoms with van der Waals surface area (Å²) in [7, 11) is 3.21. The van der Waals surface area contributed by atoms with E-state index in [4.69, 9.17) is 40.3 Å². The Morgan fingerprint density at radius 1 is 1.09 bits per heavy atom. The van der Waals surface area contributed by atoms with Gasteiger partial charge in [-0.3, -0.25) is 4.98 Å². The minimum atomic E-state index is -0.886. The maximum Gasteiger partial charge on any atom is 0.410 e. The van der Waals surface area contributed by atoms with Gasteiger partial charge in [0.2, 0.25) is 0 Å². The summed E-state index contributed by atoms with van der Waals surface area (Å²) in [5.41, 5.74) is 4.12. The average molecular weight is 802 g/mol. The molecule has 1 fully saturated rings. The fourth-order valence-electron chi connectivity index (χ4n) is 9.89. The van der Waals surface area contributed by atoms with Gasteiger partial charge in [0.15, 0.2) is 11.5 Å². The maximum atomic E-state index is 13.7. The standard InChI is InChI=1S/C46H60ClN3O7/c1-29(28-55-38-14-20-48-37-13-8-10-30(2)41(37)38)22-32-23-31-24-40-39(54-21-15-35(56-40)27-50(6)43(52)57-44(3,4)5)26-36(31)45(32)16-18-46(19-17-45,42(51)53-7)49-34-12-9-11-33(47)25-34/h9,11-12,14,20,24-26,29-30,32,35,49H,8,10,13,15-19,21-23,27-28H2,1-7H3/t29-,30-,32+,35+,45?,46?/m1/s1. The lowest BCUT2D eigenvalue weighted by Gasteiger charge is -2.47. The normalized spacial score (nSPS) is 25.7. The Balaban J connectivity index is 1.15. The van der Waals surface area contributed by atoms with E-state index in [1.54, 1.807) is 11.9 Å². The molecular formula is C46H60ClN3O7. The van der Waals surface area contributed by atoms with Crippen LogP contribution in [0.15, 0.2) is 48.7 Å². The number of aryl methyl sites for hydroxylation is 1. The van der Waals surface area contributed by atoms with E-state index in [9.17, 15) is 9.59 Å². The molecule has 11 heteroatoms. The molecule has 1 aliphatic heterocycles. The van der Waals surface area contributed by atoms with Crippen LogP contribution in [0.3, 0.4) is 0 Å². The van der Waals surface area contributed by atoms with Crippen molar-refractivity contribution < 1.29 is 33.3 Å². The molecule has 10 nitrogen and oxygen atoms in total. The third-order valence-corrected chi connectivity index (χ3v) is 12.9. The molecule has 0 unspecified atom stereocenters. The van der Waals surface area contributed by atoms with E-state index in [-0.39, 0.29) is 29.5 Å². The fraction of sp³-hybridized carbons (Fsp3) is 0.587. The number of hydrogen-bond donors (Lipinski definition) is 1. The third kappa shape index (κ3) is 8.81. The molecule has 2 heterocycles. The van der Waals surface area contributed by atoms with Gasteiger partial charge in [0.05, 0.1) is 26.9 Å². The first-order valence-corrected chi connectivity index (χ1v) is 21.2. The van der Waals surface area contributed by atoms with Crippen LogP contribution in [0, 0.1) is 11.8 Å². The van der Waals surface area contributed by atoms with Crippen molar-refractivity contribution in [3.63, 3.8) is 0 Å². The van der Waals surface area contributed by atoms with E-state index in [0.29, 0.717) is 61.6 Å². The Bertz CT molecular complexity index is 1940. The first-order chi connectivity index (χ1) is 27.2. The summed E-state index contributed by atoms with van der Waals surface area (Å²) in [6, 6.07) is 14.0. The van der Waals surface area contributed by atoms with Crippen molar-refractivity contribution in [3.8, 4) is 17.2 Å².